The SMILES string of the molecule is CN1CCN(CCC2CN(c3cnc(C(=O)NC4CCOCC4)scncn3)c3ccccc32)CC1. The van der Waals surface area contributed by atoms with Crippen LogP contribution in [-0.2, 0) is 4.74 Å². The number of aromatic nitrogens is 3. The third-order valence-electron chi connectivity index (χ3n) is 7.27. The predicted octanol–water partition coefficient (Wildman–Crippen LogP) is 2.84. The van der Waals surface area contributed by atoms with Gasteiger partial charge in [-0.1, -0.05) is 29.5 Å². The van der Waals surface area contributed by atoms with Crippen LogP contribution in [0.2, 0.25) is 0 Å². The summed E-state index contributed by atoms with van der Waals surface area (Å²) >= 11 is 1.21. The van der Waals surface area contributed by atoms with Crippen LogP contribution in [0.4, 0.5) is 11.5 Å². The van der Waals surface area contributed by atoms with E-state index in [1.807, 2.05) is 0 Å². The molecule has 5 rings (SSSR count). The molecular weight excluding hydrogens is 474 g/mol. The van der Waals surface area contributed by atoms with Gasteiger partial charge in [-0.25, -0.2) is 15.0 Å². The summed E-state index contributed by atoms with van der Waals surface area (Å²) in [6, 6.07) is 8.68. The van der Waals surface area contributed by atoms with Crippen molar-refractivity contribution in [3.63, 3.8) is 0 Å². The third kappa shape index (κ3) is 6.18. The van der Waals surface area contributed by atoms with E-state index in [1.165, 1.54) is 23.2 Å². The highest BCUT2D eigenvalue weighted by Crippen LogP contribution is 2.41. The number of carbonyl (C=O) groups excluding carboxylic acids is 1. The normalized spacial score (nSPS) is 21.1. The van der Waals surface area contributed by atoms with E-state index < -0.39 is 0 Å². The van der Waals surface area contributed by atoms with Gasteiger partial charge in [0.05, 0.1) is 11.7 Å². The highest BCUT2D eigenvalue weighted by atomic mass is 32.1. The molecule has 1 amide bonds. The minimum atomic E-state index is -0.178. The molecule has 1 N–H and O–H groups in total. The Labute approximate surface area is 216 Å². The fourth-order valence-corrected chi connectivity index (χ4v) is 5.58. The van der Waals surface area contributed by atoms with Crippen molar-refractivity contribution in [2.45, 2.75) is 31.2 Å². The molecule has 2 saturated heterocycles. The molecule has 3 aliphatic heterocycles. The summed E-state index contributed by atoms with van der Waals surface area (Å²) in [5.41, 5.74) is 4.12. The molecule has 1 aromatic heterocycles. The van der Waals surface area contributed by atoms with Gasteiger partial charge in [0, 0.05) is 63.6 Å². The number of amides is 1. The topological polar surface area (TPSA) is 86.7 Å². The Morgan fingerprint density at radius 3 is 2.78 bits per heavy atom. The summed E-state index contributed by atoms with van der Waals surface area (Å²) in [5, 5.41) is 3.46. The van der Waals surface area contributed by atoms with Crippen molar-refractivity contribution in [3.8, 4) is 0 Å². The molecule has 10 heteroatoms. The molecule has 192 valence electrons. The second kappa shape index (κ2) is 12.1. The van der Waals surface area contributed by atoms with Crippen molar-refractivity contribution < 1.29 is 9.53 Å². The highest BCUT2D eigenvalue weighted by Gasteiger charge is 2.30. The van der Waals surface area contributed by atoms with Crippen LogP contribution in [0.15, 0.2) is 42.3 Å². The van der Waals surface area contributed by atoms with E-state index in [0.29, 0.717) is 30.0 Å². The molecule has 36 heavy (non-hydrogen) atoms. The molecule has 0 bridgehead atoms. The van der Waals surface area contributed by atoms with Gasteiger partial charge in [-0.2, -0.15) is 0 Å². The maximum Gasteiger partial charge on any atom is 0.280 e. The van der Waals surface area contributed by atoms with E-state index in [0.717, 1.165) is 64.2 Å². The van der Waals surface area contributed by atoms with E-state index in [9.17, 15) is 4.79 Å². The number of hydrogen-bond donors (Lipinski definition) is 1. The first kappa shape index (κ1) is 25.0. The van der Waals surface area contributed by atoms with Crippen LogP contribution in [0.5, 0.6) is 0 Å². The number of anilines is 2. The van der Waals surface area contributed by atoms with Crippen LogP contribution >= 0.6 is 11.3 Å². The van der Waals surface area contributed by atoms with Gasteiger partial charge in [-0.15, -0.1) is 0 Å². The van der Waals surface area contributed by atoms with E-state index in [-0.39, 0.29) is 11.9 Å². The maximum atomic E-state index is 12.9. The number of hydrogen-bond acceptors (Lipinski definition) is 9. The Morgan fingerprint density at radius 2 is 1.94 bits per heavy atom. The summed E-state index contributed by atoms with van der Waals surface area (Å²) in [6.07, 6.45) is 5.99. The van der Waals surface area contributed by atoms with Gasteiger partial charge in [0.2, 0.25) is 0 Å². The Morgan fingerprint density at radius 1 is 1.14 bits per heavy atom. The number of nitrogens with zero attached hydrogens (tertiary/aromatic N) is 6. The molecule has 0 saturated carbocycles. The number of likely N-dealkylation sites (N-methyl/N-ethyl adjacent to an activating group) is 1. The van der Waals surface area contributed by atoms with Crippen molar-refractivity contribution in [1.82, 2.24) is 30.1 Å². The quantitative estimate of drug-likeness (QED) is 0.636. The molecule has 0 spiro atoms. The number of carbonyl (C=O) groups is 1. The first-order valence-electron chi connectivity index (χ1n) is 12.8. The third-order valence-corrected chi connectivity index (χ3v) is 8.01. The molecule has 2 aromatic rings. The van der Waals surface area contributed by atoms with Crippen molar-refractivity contribution >= 4 is 28.7 Å². The van der Waals surface area contributed by atoms with E-state index >= 15 is 0 Å². The van der Waals surface area contributed by atoms with Crippen LogP contribution in [0, 0.1) is 0 Å². The second-order valence-corrected chi connectivity index (χ2v) is 10.5. The molecular formula is C26H35N7O2S. The van der Waals surface area contributed by atoms with Crippen molar-refractivity contribution in [2.75, 3.05) is 64.4 Å². The van der Waals surface area contributed by atoms with Gasteiger partial charge < -0.3 is 24.8 Å². The van der Waals surface area contributed by atoms with Crippen LogP contribution in [-0.4, -0.2) is 96.2 Å². The average molecular weight is 510 g/mol. The molecule has 1 aromatic carbocycles. The number of ether oxygens (including phenoxy) is 1. The van der Waals surface area contributed by atoms with E-state index in [4.69, 9.17) is 4.74 Å². The zero-order valence-electron chi connectivity index (χ0n) is 20.9. The number of fused-ring (bicyclic) bond motifs is 1. The van der Waals surface area contributed by atoms with E-state index in [1.54, 1.807) is 11.7 Å². The van der Waals surface area contributed by atoms with Crippen LogP contribution in [0.1, 0.15) is 40.5 Å². The molecule has 4 heterocycles. The number of para-hydroxylation sites is 1. The molecule has 0 radical (unpaired) electrons. The smallest absolute Gasteiger partial charge is 0.280 e. The van der Waals surface area contributed by atoms with Gasteiger partial charge >= 0.3 is 0 Å². The molecule has 1 unspecified atom stereocenters. The molecule has 1 atom stereocenters. The lowest BCUT2D eigenvalue weighted by molar-refractivity contribution is 0.0696. The van der Waals surface area contributed by atoms with Crippen LogP contribution < -0.4 is 10.2 Å². The predicted molar refractivity (Wildman–Crippen MR) is 141 cm³/mol. The van der Waals surface area contributed by atoms with E-state index in [2.05, 4.69) is 66.3 Å². The lowest BCUT2D eigenvalue weighted by Gasteiger charge is -2.32. The lowest BCUT2D eigenvalue weighted by Crippen LogP contribution is -2.44. The van der Waals surface area contributed by atoms with Gasteiger partial charge in [0.15, 0.2) is 10.8 Å². The van der Waals surface area contributed by atoms with Crippen molar-refractivity contribution in [1.29, 1.82) is 0 Å². The second-order valence-electron chi connectivity index (χ2n) is 9.70. The lowest BCUT2D eigenvalue weighted by atomic mass is 9.97. The monoisotopic (exact) mass is 509 g/mol. The Balaban J connectivity index is 1.33. The van der Waals surface area contributed by atoms with Gasteiger partial charge in [-0.3, -0.25) is 4.79 Å². The van der Waals surface area contributed by atoms with Gasteiger partial charge in [-0.05, 0) is 44.5 Å². The summed E-state index contributed by atoms with van der Waals surface area (Å²) < 4.78 is 5.40. The average Bonchev–Trinajstić information content (AvgIpc) is 3.32. The van der Waals surface area contributed by atoms with Crippen LogP contribution in [0.3, 0.4) is 0 Å². The Hall–Kier alpha value is -2.66. The number of benzene rings is 1. The number of piperazine rings is 1. The first-order chi connectivity index (χ1) is 17.7. The summed E-state index contributed by atoms with van der Waals surface area (Å²) in [6.45, 7) is 7.82. The minimum absolute atomic E-state index is 0.116. The summed E-state index contributed by atoms with van der Waals surface area (Å²) in [4.78, 5) is 33.5. The minimum Gasteiger partial charge on any atom is -0.381 e. The van der Waals surface area contributed by atoms with Crippen molar-refractivity contribution in [3.05, 3.63) is 52.9 Å². The number of rotatable bonds is 6. The highest BCUT2D eigenvalue weighted by molar-refractivity contribution is 7.11. The van der Waals surface area contributed by atoms with Crippen molar-refractivity contribution in [2.24, 2.45) is 0 Å². The number of nitrogens with one attached hydrogen (secondary N) is 1. The fraction of sp³-hybridized carbons (Fsp3) is 0.538. The Kier molecular flexibility index (Phi) is 8.37. The molecule has 3 aliphatic rings. The summed E-state index contributed by atoms with van der Waals surface area (Å²) in [7, 11) is 2.19. The molecule has 0 aliphatic carbocycles. The summed E-state index contributed by atoms with van der Waals surface area (Å²) in [5.74, 6) is 0.936. The van der Waals surface area contributed by atoms with Gasteiger partial charge in [0.1, 0.15) is 6.33 Å². The standard InChI is InChI=1S/C26H35N7O2S/c1-31-10-12-32(13-11-31)9-6-20-17-33(23-5-3-2-4-22(20)23)24-16-28-26(36-19-27-18-29-24)25(34)30-21-7-14-35-15-8-21/h2-5,16,18-21H,6-15,17H2,1H3,(H,30,34). The zero-order chi connectivity index (χ0) is 24.7. The Bertz CT molecular complexity index is 1080. The zero-order valence-corrected chi connectivity index (χ0v) is 21.7. The fourth-order valence-electron chi connectivity index (χ4n) is 5.09. The largest absolute Gasteiger partial charge is 0.381 e. The molecule has 9 nitrogen and oxygen atoms in total. The first-order valence-corrected chi connectivity index (χ1v) is 13.7. The maximum absolute atomic E-state index is 12.9. The van der Waals surface area contributed by atoms with Crippen LogP contribution in [0.25, 0.3) is 0 Å². The molecule has 2 fully saturated rings. The van der Waals surface area contributed by atoms with Gasteiger partial charge in [0.25, 0.3) is 5.91 Å².